The topological polar surface area (TPSA) is 88.1 Å². The number of anilines is 1. The molecule has 29 heavy (non-hydrogen) atoms. The second kappa shape index (κ2) is 8.79. The lowest BCUT2D eigenvalue weighted by Crippen LogP contribution is -2.42. The summed E-state index contributed by atoms with van der Waals surface area (Å²) < 4.78 is 0. The van der Waals surface area contributed by atoms with Gasteiger partial charge in [0.15, 0.2) is 0 Å². The molecule has 7 nitrogen and oxygen atoms in total. The summed E-state index contributed by atoms with van der Waals surface area (Å²) in [5.74, 6) is -0.0832. The van der Waals surface area contributed by atoms with Gasteiger partial charge in [-0.15, -0.1) is 21.5 Å². The number of carbonyl (C=O) groups is 2. The summed E-state index contributed by atoms with van der Waals surface area (Å²) in [4.78, 5) is 31.4. The third kappa shape index (κ3) is 4.86. The second-order valence-corrected chi connectivity index (χ2v) is 8.77. The van der Waals surface area contributed by atoms with E-state index >= 15 is 0 Å². The molecule has 0 spiro atoms. The molecule has 0 unspecified atom stereocenters. The lowest BCUT2D eigenvalue weighted by atomic mass is 9.95. The molecule has 0 radical (unpaired) electrons. The van der Waals surface area contributed by atoms with Crippen molar-refractivity contribution in [2.24, 2.45) is 5.92 Å². The van der Waals surface area contributed by atoms with Crippen LogP contribution in [0.4, 0.5) is 5.13 Å². The number of carbonyl (C=O) groups excluding carboxylic acids is 2. The maximum Gasteiger partial charge on any atom is 0.229 e. The van der Waals surface area contributed by atoms with Gasteiger partial charge in [0.25, 0.3) is 0 Å². The third-order valence-electron chi connectivity index (χ3n) is 4.99. The van der Waals surface area contributed by atoms with Crippen LogP contribution in [0, 0.1) is 12.8 Å². The SMILES string of the molecule is Cc1ccc(-c2nc(CC(=O)N3CCC(C(=O)Nc4nncs4)CC3)cs2)cc1. The van der Waals surface area contributed by atoms with E-state index in [4.69, 9.17) is 0 Å². The van der Waals surface area contributed by atoms with Crippen molar-refractivity contribution >= 4 is 39.6 Å². The number of hydrogen-bond donors (Lipinski definition) is 1. The average molecular weight is 428 g/mol. The maximum absolute atomic E-state index is 12.7. The van der Waals surface area contributed by atoms with Crippen molar-refractivity contribution in [2.75, 3.05) is 18.4 Å². The summed E-state index contributed by atoms with van der Waals surface area (Å²) in [6.07, 6.45) is 1.61. The fourth-order valence-corrected chi connectivity index (χ4v) is 4.58. The standard InChI is InChI=1S/C20H21N5O2S2/c1-13-2-4-15(5-3-13)19-22-16(11-28-19)10-17(26)25-8-6-14(7-9-25)18(27)23-20-24-21-12-29-20/h2-5,11-12,14H,6-10H2,1H3,(H,23,24,27). The second-order valence-electron chi connectivity index (χ2n) is 7.07. The summed E-state index contributed by atoms with van der Waals surface area (Å²) in [6, 6.07) is 8.23. The van der Waals surface area contributed by atoms with Crippen LogP contribution in [-0.2, 0) is 16.0 Å². The summed E-state index contributed by atoms with van der Waals surface area (Å²) in [5.41, 5.74) is 4.66. The van der Waals surface area contributed by atoms with Crippen LogP contribution in [0.2, 0.25) is 0 Å². The molecule has 1 N–H and O–H groups in total. The zero-order valence-corrected chi connectivity index (χ0v) is 17.6. The molecule has 1 saturated heterocycles. The molecule has 1 aliphatic rings. The van der Waals surface area contributed by atoms with Crippen LogP contribution in [0.25, 0.3) is 10.6 Å². The molecule has 150 valence electrons. The normalized spacial score (nSPS) is 14.7. The highest BCUT2D eigenvalue weighted by atomic mass is 32.1. The molecule has 4 rings (SSSR count). The Bertz CT molecular complexity index is 977. The van der Waals surface area contributed by atoms with Crippen LogP contribution in [-0.4, -0.2) is 45.0 Å². The number of amides is 2. The highest BCUT2D eigenvalue weighted by molar-refractivity contribution is 7.13. The fraction of sp³-hybridized carbons (Fsp3) is 0.350. The van der Waals surface area contributed by atoms with E-state index in [0.29, 0.717) is 37.5 Å². The van der Waals surface area contributed by atoms with Crippen molar-refractivity contribution in [3.63, 3.8) is 0 Å². The van der Waals surface area contributed by atoms with Gasteiger partial charge in [0.05, 0.1) is 12.1 Å². The van der Waals surface area contributed by atoms with Gasteiger partial charge in [0, 0.05) is 30.0 Å². The number of nitrogens with zero attached hydrogens (tertiary/aromatic N) is 4. The Hall–Kier alpha value is -2.65. The number of piperidine rings is 1. The number of nitrogens with one attached hydrogen (secondary N) is 1. The Balaban J connectivity index is 1.29. The van der Waals surface area contributed by atoms with Crippen LogP contribution < -0.4 is 5.32 Å². The minimum absolute atomic E-state index is 0.0453. The smallest absolute Gasteiger partial charge is 0.229 e. The molecular weight excluding hydrogens is 406 g/mol. The monoisotopic (exact) mass is 427 g/mol. The number of hydrogen-bond acceptors (Lipinski definition) is 7. The first-order valence-corrected chi connectivity index (χ1v) is 11.2. The number of thiazole rings is 1. The van der Waals surface area contributed by atoms with Crippen molar-refractivity contribution in [3.05, 3.63) is 46.4 Å². The Morgan fingerprint density at radius 1 is 1.17 bits per heavy atom. The van der Waals surface area contributed by atoms with Gasteiger partial charge < -0.3 is 10.2 Å². The Morgan fingerprint density at radius 2 is 1.93 bits per heavy atom. The van der Waals surface area contributed by atoms with Crippen molar-refractivity contribution in [3.8, 4) is 10.6 Å². The number of aryl methyl sites for hydroxylation is 1. The van der Waals surface area contributed by atoms with E-state index in [1.54, 1.807) is 16.8 Å². The zero-order chi connectivity index (χ0) is 20.2. The van der Waals surface area contributed by atoms with E-state index in [-0.39, 0.29) is 17.7 Å². The predicted molar refractivity (Wildman–Crippen MR) is 114 cm³/mol. The maximum atomic E-state index is 12.7. The van der Waals surface area contributed by atoms with Crippen LogP contribution in [0.1, 0.15) is 24.1 Å². The van der Waals surface area contributed by atoms with Gasteiger partial charge in [-0.3, -0.25) is 9.59 Å². The molecule has 9 heteroatoms. The van der Waals surface area contributed by atoms with Gasteiger partial charge in [-0.2, -0.15) is 0 Å². The summed E-state index contributed by atoms with van der Waals surface area (Å²) in [7, 11) is 0. The molecular formula is C20H21N5O2S2. The quantitative estimate of drug-likeness (QED) is 0.674. The molecule has 2 aromatic heterocycles. The minimum atomic E-state index is -0.102. The molecule has 0 aliphatic carbocycles. The van der Waals surface area contributed by atoms with E-state index in [9.17, 15) is 9.59 Å². The van der Waals surface area contributed by atoms with Crippen molar-refractivity contribution in [1.82, 2.24) is 20.1 Å². The van der Waals surface area contributed by atoms with E-state index in [1.807, 2.05) is 10.3 Å². The Kier molecular flexibility index (Phi) is 5.96. The van der Waals surface area contributed by atoms with Gasteiger partial charge in [0.1, 0.15) is 10.5 Å². The highest BCUT2D eigenvalue weighted by Gasteiger charge is 2.28. The Labute approximate surface area is 176 Å². The number of benzene rings is 1. The molecule has 2 amide bonds. The van der Waals surface area contributed by atoms with Crippen molar-refractivity contribution < 1.29 is 9.59 Å². The molecule has 3 heterocycles. The van der Waals surface area contributed by atoms with E-state index in [1.165, 1.54) is 16.9 Å². The molecule has 1 fully saturated rings. The minimum Gasteiger partial charge on any atom is -0.342 e. The summed E-state index contributed by atoms with van der Waals surface area (Å²) in [6.45, 7) is 3.23. The van der Waals surface area contributed by atoms with Crippen LogP contribution >= 0.6 is 22.7 Å². The molecule has 1 aliphatic heterocycles. The van der Waals surface area contributed by atoms with Crippen LogP contribution in [0.5, 0.6) is 0 Å². The first kappa shape index (κ1) is 19.7. The lowest BCUT2D eigenvalue weighted by Gasteiger charge is -2.31. The van der Waals surface area contributed by atoms with Gasteiger partial charge in [-0.25, -0.2) is 4.98 Å². The zero-order valence-electron chi connectivity index (χ0n) is 16.0. The van der Waals surface area contributed by atoms with E-state index < -0.39 is 0 Å². The molecule has 0 atom stereocenters. The van der Waals surface area contributed by atoms with Crippen LogP contribution in [0.3, 0.4) is 0 Å². The molecule has 1 aromatic carbocycles. The first-order chi connectivity index (χ1) is 14.1. The molecule has 0 bridgehead atoms. The number of likely N-dealkylation sites (tertiary alicyclic amines) is 1. The molecule has 3 aromatic rings. The van der Waals surface area contributed by atoms with Gasteiger partial charge in [0.2, 0.25) is 16.9 Å². The van der Waals surface area contributed by atoms with Gasteiger partial charge in [-0.1, -0.05) is 41.2 Å². The lowest BCUT2D eigenvalue weighted by molar-refractivity contribution is -0.133. The number of rotatable bonds is 5. The van der Waals surface area contributed by atoms with E-state index in [0.717, 1.165) is 16.3 Å². The summed E-state index contributed by atoms with van der Waals surface area (Å²) >= 11 is 2.86. The van der Waals surface area contributed by atoms with Crippen molar-refractivity contribution in [1.29, 1.82) is 0 Å². The van der Waals surface area contributed by atoms with Crippen molar-refractivity contribution in [2.45, 2.75) is 26.2 Å². The van der Waals surface area contributed by atoms with Gasteiger partial charge in [-0.05, 0) is 19.8 Å². The Morgan fingerprint density at radius 3 is 2.62 bits per heavy atom. The van der Waals surface area contributed by atoms with Crippen LogP contribution in [0.15, 0.2) is 35.2 Å². The largest absolute Gasteiger partial charge is 0.342 e. The average Bonchev–Trinajstić information content (AvgIpc) is 3.41. The van der Waals surface area contributed by atoms with Gasteiger partial charge >= 0.3 is 0 Å². The number of aromatic nitrogens is 3. The first-order valence-electron chi connectivity index (χ1n) is 9.45. The fourth-order valence-electron chi connectivity index (χ4n) is 3.31. The predicted octanol–water partition coefficient (Wildman–Crippen LogP) is 3.39. The van der Waals surface area contributed by atoms with E-state index in [2.05, 4.69) is 51.7 Å². The summed E-state index contributed by atoms with van der Waals surface area (Å²) in [5, 5.41) is 13.7. The third-order valence-corrected chi connectivity index (χ3v) is 6.54. The molecule has 0 saturated carbocycles. The highest BCUT2D eigenvalue weighted by Crippen LogP contribution is 2.25.